The van der Waals surface area contributed by atoms with E-state index >= 15 is 0 Å². The zero-order valence-corrected chi connectivity index (χ0v) is 10.7. The maximum Gasteiger partial charge on any atom is 0.0399 e. The Balaban J connectivity index is 2.16. The Kier molecular flexibility index (Phi) is 3.17. The van der Waals surface area contributed by atoms with Crippen molar-refractivity contribution in [3.05, 3.63) is 24.0 Å². The third-order valence-corrected chi connectivity index (χ3v) is 3.88. The molecule has 0 aliphatic carbocycles. The van der Waals surface area contributed by atoms with Crippen LogP contribution in [0.4, 0.5) is 5.69 Å². The summed E-state index contributed by atoms with van der Waals surface area (Å²) in [6.07, 6.45) is 5.87. The lowest BCUT2D eigenvalue weighted by Crippen LogP contribution is -2.41. The van der Waals surface area contributed by atoms with Crippen LogP contribution >= 0.6 is 0 Å². The fourth-order valence-corrected chi connectivity index (χ4v) is 2.55. The van der Waals surface area contributed by atoms with Crippen LogP contribution in [0, 0.1) is 12.3 Å². The maximum absolute atomic E-state index is 4.26. The molecule has 88 valence electrons. The summed E-state index contributed by atoms with van der Waals surface area (Å²) in [5.41, 5.74) is 2.95. The van der Waals surface area contributed by atoms with Gasteiger partial charge in [-0.3, -0.25) is 4.98 Å². The minimum atomic E-state index is 0.495. The molecule has 0 amide bonds. The lowest BCUT2D eigenvalue weighted by molar-refractivity contribution is 0.251. The van der Waals surface area contributed by atoms with Gasteiger partial charge >= 0.3 is 0 Å². The summed E-state index contributed by atoms with van der Waals surface area (Å²) in [6.45, 7) is 9.16. The molecule has 0 bridgehead atoms. The summed E-state index contributed by atoms with van der Waals surface area (Å²) in [6, 6.07) is 4.33. The van der Waals surface area contributed by atoms with E-state index in [-0.39, 0.29) is 0 Å². The van der Waals surface area contributed by atoms with Crippen LogP contribution in [0.1, 0.15) is 38.8 Å². The zero-order valence-electron chi connectivity index (χ0n) is 10.7. The van der Waals surface area contributed by atoms with Crippen molar-refractivity contribution in [2.75, 3.05) is 18.0 Å². The Hall–Kier alpha value is -1.05. The van der Waals surface area contributed by atoms with Gasteiger partial charge in [-0.2, -0.15) is 0 Å². The van der Waals surface area contributed by atoms with Crippen molar-refractivity contribution < 1.29 is 0 Å². The molecule has 1 atom stereocenters. The molecule has 0 spiro atoms. The van der Waals surface area contributed by atoms with Crippen LogP contribution in [0.3, 0.4) is 0 Å². The molecule has 1 aromatic heterocycles. The van der Waals surface area contributed by atoms with Gasteiger partial charge in [0.15, 0.2) is 0 Å². The average molecular weight is 218 g/mol. The van der Waals surface area contributed by atoms with E-state index in [4.69, 9.17) is 0 Å². The quantitative estimate of drug-likeness (QED) is 0.756. The molecular weight excluding hydrogens is 196 g/mol. The Morgan fingerprint density at radius 2 is 2.31 bits per heavy atom. The van der Waals surface area contributed by atoms with Crippen LogP contribution in [0.15, 0.2) is 18.3 Å². The predicted octanol–water partition coefficient (Wildman–Crippen LogP) is 3.41. The fraction of sp³-hybridized carbons (Fsp3) is 0.643. The highest BCUT2D eigenvalue weighted by Gasteiger charge is 2.29. The minimum Gasteiger partial charge on any atom is -0.371 e. The summed E-state index contributed by atoms with van der Waals surface area (Å²) in [4.78, 5) is 6.78. The Bertz CT molecular complexity index is 362. The van der Waals surface area contributed by atoms with Gasteiger partial charge in [0.1, 0.15) is 0 Å². The highest BCUT2D eigenvalue weighted by atomic mass is 15.1. The monoisotopic (exact) mass is 218 g/mol. The molecule has 2 heterocycles. The number of hydrogen-bond acceptors (Lipinski definition) is 2. The third kappa shape index (κ3) is 2.37. The van der Waals surface area contributed by atoms with E-state index in [9.17, 15) is 0 Å². The van der Waals surface area contributed by atoms with Crippen molar-refractivity contribution >= 4 is 5.69 Å². The Morgan fingerprint density at radius 3 is 3.00 bits per heavy atom. The van der Waals surface area contributed by atoms with Crippen molar-refractivity contribution in [3.8, 4) is 0 Å². The molecule has 16 heavy (non-hydrogen) atoms. The zero-order chi connectivity index (χ0) is 11.6. The molecule has 1 fully saturated rings. The number of rotatable bonds is 2. The summed E-state index contributed by atoms with van der Waals surface area (Å²) in [5, 5.41) is 0. The predicted molar refractivity (Wildman–Crippen MR) is 68.8 cm³/mol. The van der Waals surface area contributed by atoms with Crippen LogP contribution in [-0.4, -0.2) is 18.1 Å². The van der Waals surface area contributed by atoms with Crippen molar-refractivity contribution in [3.63, 3.8) is 0 Å². The smallest absolute Gasteiger partial charge is 0.0399 e. The van der Waals surface area contributed by atoms with E-state index in [0.717, 1.165) is 5.69 Å². The SMILES string of the molecule is CCC1(C)CCCN(c2ccnc(C)c2)C1. The van der Waals surface area contributed by atoms with Crippen LogP contribution in [0.2, 0.25) is 0 Å². The molecule has 1 unspecified atom stereocenters. The van der Waals surface area contributed by atoms with Gasteiger partial charge in [-0.05, 0) is 43.7 Å². The number of aryl methyl sites for hydroxylation is 1. The van der Waals surface area contributed by atoms with Gasteiger partial charge in [-0.25, -0.2) is 0 Å². The van der Waals surface area contributed by atoms with Gasteiger partial charge in [0.25, 0.3) is 0 Å². The first-order valence-corrected chi connectivity index (χ1v) is 6.30. The molecule has 2 nitrogen and oxygen atoms in total. The first-order chi connectivity index (χ1) is 7.63. The van der Waals surface area contributed by atoms with Crippen molar-refractivity contribution in [1.82, 2.24) is 4.98 Å². The Morgan fingerprint density at radius 1 is 1.50 bits per heavy atom. The molecular formula is C14H22N2. The molecule has 1 saturated heterocycles. The topological polar surface area (TPSA) is 16.1 Å². The summed E-state index contributed by atoms with van der Waals surface area (Å²) in [5.74, 6) is 0. The number of pyridine rings is 1. The second-order valence-electron chi connectivity index (χ2n) is 5.34. The molecule has 1 aromatic rings. The lowest BCUT2D eigenvalue weighted by atomic mass is 9.79. The maximum atomic E-state index is 4.26. The van der Waals surface area contributed by atoms with Gasteiger partial charge in [-0.1, -0.05) is 13.8 Å². The molecule has 2 heteroatoms. The summed E-state index contributed by atoms with van der Waals surface area (Å²) < 4.78 is 0. The van der Waals surface area contributed by atoms with Crippen LogP contribution in [0.25, 0.3) is 0 Å². The first-order valence-electron chi connectivity index (χ1n) is 6.30. The summed E-state index contributed by atoms with van der Waals surface area (Å²) in [7, 11) is 0. The number of aromatic nitrogens is 1. The number of nitrogens with zero attached hydrogens (tertiary/aromatic N) is 2. The van der Waals surface area contributed by atoms with Crippen molar-refractivity contribution in [2.24, 2.45) is 5.41 Å². The second-order valence-corrected chi connectivity index (χ2v) is 5.34. The van der Waals surface area contributed by atoms with E-state index in [1.165, 1.54) is 38.0 Å². The highest BCUT2D eigenvalue weighted by molar-refractivity contribution is 5.47. The van der Waals surface area contributed by atoms with Crippen LogP contribution in [-0.2, 0) is 0 Å². The second kappa shape index (κ2) is 4.44. The van der Waals surface area contributed by atoms with Crippen molar-refractivity contribution in [2.45, 2.75) is 40.0 Å². The van der Waals surface area contributed by atoms with E-state index < -0.39 is 0 Å². The van der Waals surface area contributed by atoms with Gasteiger partial charge in [0.2, 0.25) is 0 Å². The molecule has 0 radical (unpaired) electrons. The molecule has 1 aliphatic heterocycles. The molecule has 2 rings (SSSR count). The van der Waals surface area contributed by atoms with E-state index in [0.29, 0.717) is 5.41 Å². The lowest BCUT2D eigenvalue weighted by Gasteiger charge is -2.41. The molecule has 0 aromatic carbocycles. The van der Waals surface area contributed by atoms with Crippen molar-refractivity contribution in [1.29, 1.82) is 0 Å². The van der Waals surface area contributed by atoms with Crippen LogP contribution < -0.4 is 4.90 Å². The number of anilines is 1. The third-order valence-electron chi connectivity index (χ3n) is 3.88. The number of hydrogen-bond donors (Lipinski definition) is 0. The standard InChI is InChI=1S/C14H22N2/c1-4-14(3)7-5-9-16(11-14)13-6-8-15-12(2)10-13/h6,8,10H,4-5,7,9,11H2,1-3H3. The van der Waals surface area contributed by atoms with Crippen LogP contribution in [0.5, 0.6) is 0 Å². The molecule has 0 N–H and O–H groups in total. The first kappa shape index (κ1) is 11.4. The summed E-state index contributed by atoms with van der Waals surface area (Å²) >= 11 is 0. The van der Waals surface area contributed by atoms with E-state index in [1.54, 1.807) is 0 Å². The Labute approximate surface area is 98.7 Å². The van der Waals surface area contributed by atoms with Gasteiger partial charge in [0.05, 0.1) is 0 Å². The van der Waals surface area contributed by atoms with Gasteiger partial charge < -0.3 is 4.90 Å². The van der Waals surface area contributed by atoms with E-state index in [1.807, 2.05) is 6.20 Å². The normalized spacial score (nSPS) is 25.8. The van der Waals surface area contributed by atoms with Gasteiger partial charge in [0, 0.05) is 30.7 Å². The van der Waals surface area contributed by atoms with Gasteiger partial charge in [-0.15, -0.1) is 0 Å². The minimum absolute atomic E-state index is 0.495. The molecule has 1 aliphatic rings. The molecule has 0 saturated carbocycles. The highest BCUT2D eigenvalue weighted by Crippen LogP contribution is 2.34. The van der Waals surface area contributed by atoms with E-state index in [2.05, 4.69) is 42.8 Å². The fourth-order valence-electron chi connectivity index (χ4n) is 2.55. The largest absolute Gasteiger partial charge is 0.371 e. The number of piperidine rings is 1. The average Bonchev–Trinajstić information content (AvgIpc) is 2.29.